The zero-order valence-corrected chi connectivity index (χ0v) is 12.1. The molecule has 1 atom stereocenters. The third-order valence-corrected chi connectivity index (χ3v) is 4.16. The standard InChI is InChI=1S/C15H24FN3O/c1-17-14(15-3-2-13(16)10-18-15)6-9-19-7-4-12(11-20)5-8-19/h2-3,10,12,14,17,20H,4-9,11H2,1H3. The van der Waals surface area contributed by atoms with Crippen LogP contribution in [-0.2, 0) is 0 Å². The smallest absolute Gasteiger partial charge is 0.141 e. The van der Waals surface area contributed by atoms with Crippen molar-refractivity contribution in [1.29, 1.82) is 0 Å². The maximum Gasteiger partial charge on any atom is 0.141 e. The Labute approximate surface area is 120 Å². The molecule has 5 heteroatoms. The van der Waals surface area contributed by atoms with Crippen LogP contribution in [0.4, 0.5) is 4.39 Å². The molecule has 20 heavy (non-hydrogen) atoms. The van der Waals surface area contributed by atoms with E-state index >= 15 is 0 Å². The number of pyridine rings is 1. The Morgan fingerprint density at radius 2 is 2.20 bits per heavy atom. The van der Waals surface area contributed by atoms with Gasteiger partial charge in [-0.2, -0.15) is 0 Å². The van der Waals surface area contributed by atoms with Gasteiger partial charge in [-0.15, -0.1) is 0 Å². The molecule has 1 saturated heterocycles. The number of hydrogen-bond acceptors (Lipinski definition) is 4. The van der Waals surface area contributed by atoms with Crippen LogP contribution in [0.2, 0.25) is 0 Å². The molecule has 2 N–H and O–H groups in total. The van der Waals surface area contributed by atoms with Crippen molar-refractivity contribution in [2.75, 3.05) is 33.3 Å². The molecule has 1 aliphatic rings. The summed E-state index contributed by atoms with van der Waals surface area (Å²) in [5.41, 5.74) is 0.888. The SMILES string of the molecule is CNC(CCN1CCC(CO)CC1)c1ccc(F)cn1. The molecule has 2 rings (SSSR count). The molecule has 0 saturated carbocycles. The topological polar surface area (TPSA) is 48.4 Å². The molecule has 0 spiro atoms. The predicted molar refractivity (Wildman–Crippen MR) is 76.9 cm³/mol. The number of nitrogens with one attached hydrogen (secondary N) is 1. The van der Waals surface area contributed by atoms with Gasteiger partial charge in [0.1, 0.15) is 5.82 Å². The second-order valence-electron chi connectivity index (χ2n) is 5.50. The fourth-order valence-electron chi connectivity index (χ4n) is 2.74. The van der Waals surface area contributed by atoms with Gasteiger partial charge in [0, 0.05) is 6.61 Å². The lowest BCUT2D eigenvalue weighted by Crippen LogP contribution is -2.36. The highest BCUT2D eigenvalue weighted by atomic mass is 19.1. The Bertz CT molecular complexity index is 391. The third kappa shape index (κ3) is 4.23. The molecule has 0 aromatic carbocycles. The summed E-state index contributed by atoms with van der Waals surface area (Å²) < 4.78 is 12.9. The number of nitrogens with zero attached hydrogens (tertiary/aromatic N) is 2. The van der Waals surface area contributed by atoms with E-state index in [2.05, 4.69) is 15.2 Å². The summed E-state index contributed by atoms with van der Waals surface area (Å²) in [4.78, 5) is 6.58. The van der Waals surface area contributed by atoms with Gasteiger partial charge in [0.25, 0.3) is 0 Å². The first-order chi connectivity index (χ1) is 9.72. The molecule has 1 aliphatic heterocycles. The zero-order chi connectivity index (χ0) is 14.4. The van der Waals surface area contributed by atoms with Crippen LogP contribution in [0.1, 0.15) is 31.0 Å². The number of likely N-dealkylation sites (tertiary alicyclic amines) is 1. The van der Waals surface area contributed by atoms with E-state index in [0.717, 1.165) is 44.6 Å². The minimum Gasteiger partial charge on any atom is -0.396 e. The van der Waals surface area contributed by atoms with Crippen molar-refractivity contribution in [3.05, 3.63) is 29.8 Å². The summed E-state index contributed by atoms with van der Waals surface area (Å²) in [6, 6.07) is 3.36. The zero-order valence-electron chi connectivity index (χ0n) is 12.1. The van der Waals surface area contributed by atoms with Crippen LogP contribution in [0.25, 0.3) is 0 Å². The minimum atomic E-state index is -0.297. The second kappa shape index (κ2) is 7.67. The van der Waals surface area contributed by atoms with Crippen LogP contribution in [-0.4, -0.2) is 48.3 Å². The van der Waals surface area contributed by atoms with Crippen LogP contribution in [0, 0.1) is 11.7 Å². The molecule has 0 amide bonds. The van der Waals surface area contributed by atoms with Crippen molar-refractivity contribution in [2.24, 2.45) is 5.92 Å². The molecule has 0 radical (unpaired) electrons. The van der Waals surface area contributed by atoms with Crippen molar-refractivity contribution in [1.82, 2.24) is 15.2 Å². The summed E-state index contributed by atoms with van der Waals surface area (Å²) in [5, 5.41) is 12.4. The van der Waals surface area contributed by atoms with Gasteiger partial charge in [0.05, 0.1) is 17.9 Å². The maximum absolute atomic E-state index is 12.9. The van der Waals surface area contributed by atoms with Gasteiger partial charge < -0.3 is 15.3 Å². The Hall–Kier alpha value is -1.04. The van der Waals surface area contributed by atoms with E-state index in [1.54, 1.807) is 6.07 Å². The van der Waals surface area contributed by atoms with Crippen LogP contribution in [0.15, 0.2) is 18.3 Å². The Morgan fingerprint density at radius 3 is 2.75 bits per heavy atom. The highest BCUT2D eigenvalue weighted by Crippen LogP contribution is 2.19. The number of aromatic nitrogens is 1. The Kier molecular flexibility index (Phi) is 5.88. The number of rotatable bonds is 6. The molecule has 0 aliphatic carbocycles. The lowest BCUT2D eigenvalue weighted by atomic mass is 9.97. The molecule has 112 valence electrons. The number of aliphatic hydroxyl groups excluding tert-OH is 1. The number of aliphatic hydroxyl groups is 1. The van der Waals surface area contributed by atoms with Gasteiger partial charge in [-0.3, -0.25) is 4.98 Å². The number of halogens is 1. The lowest BCUT2D eigenvalue weighted by molar-refractivity contribution is 0.128. The quantitative estimate of drug-likeness (QED) is 0.831. The first kappa shape index (κ1) is 15.4. The van der Waals surface area contributed by atoms with E-state index in [1.165, 1.54) is 12.3 Å². The van der Waals surface area contributed by atoms with Crippen LogP contribution in [0.3, 0.4) is 0 Å². The van der Waals surface area contributed by atoms with E-state index in [-0.39, 0.29) is 11.9 Å². The number of piperidine rings is 1. The van der Waals surface area contributed by atoms with Crippen LogP contribution < -0.4 is 5.32 Å². The van der Waals surface area contributed by atoms with Crippen molar-refractivity contribution < 1.29 is 9.50 Å². The van der Waals surface area contributed by atoms with E-state index in [0.29, 0.717) is 12.5 Å². The first-order valence-corrected chi connectivity index (χ1v) is 7.35. The van der Waals surface area contributed by atoms with E-state index < -0.39 is 0 Å². The normalized spacial score (nSPS) is 19.1. The predicted octanol–water partition coefficient (Wildman–Crippen LogP) is 1.58. The summed E-state index contributed by atoms with van der Waals surface area (Å²) in [6.45, 7) is 3.42. The Morgan fingerprint density at radius 1 is 1.45 bits per heavy atom. The molecule has 1 fully saturated rings. The summed E-state index contributed by atoms with van der Waals surface area (Å²) in [5.74, 6) is 0.180. The summed E-state index contributed by atoms with van der Waals surface area (Å²) in [7, 11) is 1.91. The molecule has 2 heterocycles. The molecule has 1 aromatic heterocycles. The molecule has 1 unspecified atom stereocenters. The molecule has 1 aromatic rings. The lowest BCUT2D eigenvalue weighted by Gasteiger charge is -2.32. The van der Waals surface area contributed by atoms with E-state index in [9.17, 15) is 4.39 Å². The molecular formula is C15H24FN3O. The average Bonchev–Trinajstić information content (AvgIpc) is 2.50. The first-order valence-electron chi connectivity index (χ1n) is 7.35. The monoisotopic (exact) mass is 281 g/mol. The minimum absolute atomic E-state index is 0.158. The van der Waals surface area contributed by atoms with Gasteiger partial charge in [0.2, 0.25) is 0 Å². The van der Waals surface area contributed by atoms with Crippen LogP contribution in [0.5, 0.6) is 0 Å². The maximum atomic E-state index is 12.9. The highest BCUT2D eigenvalue weighted by molar-refractivity contribution is 5.09. The van der Waals surface area contributed by atoms with Crippen molar-refractivity contribution in [2.45, 2.75) is 25.3 Å². The number of hydrogen-bond donors (Lipinski definition) is 2. The second-order valence-corrected chi connectivity index (χ2v) is 5.50. The molecule has 4 nitrogen and oxygen atoms in total. The van der Waals surface area contributed by atoms with Crippen LogP contribution >= 0.6 is 0 Å². The van der Waals surface area contributed by atoms with Crippen molar-refractivity contribution in [3.8, 4) is 0 Å². The van der Waals surface area contributed by atoms with E-state index in [4.69, 9.17) is 5.11 Å². The molecular weight excluding hydrogens is 257 g/mol. The van der Waals surface area contributed by atoms with Gasteiger partial charge >= 0.3 is 0 Å². The molecule has 0 bridgehead atoms. The third-order valence-electron chi connectivity index (χ3n) is 4.16. The average molecular weight is 281 g/mol. The van der Waals surface area contributed by atoms with E-state index in [1.807, 2.05) is 7.05 Å². The van der Waals surface area contributed by atoms with Gasteiger partial charge in [-0.25, -0.2) is 4.39 Å². The Balaban J connectivity index is 1.81. The summed E-state index contributed by atoms with van der Waals surface area (Å²) in [6.07, 6.45) is 4.39. The largest absolute Gasteiger partial charge is 0.396 e. The summed E-state index contributed by atoms with van der Waals surface area (Å²) >= 11 is 0. The highest BCUT2D eigenvalue weighted by Gasteiger charge is 2.19. The van der Waals surface area contributed by atoms with Gasteiger partial charge in [0.15, 0.2) is 0 Å². The fourth-order valence-corrected chi connectivity index (χ4v) is 2.74. The van der Waals surface area contributed by atoms with Crippen molar-refractivity contribution >= 4 is 0 Å². The van der Waals surface area contributed by atoms with Gasteiger partial charge in [-0.1, -0.05) is 0 Å². The fraction of sp³-hybridized carbons (Fsp3) is 0.667. The van der Waals surface area contributed by atoms with Gasteiger partial charge in [-0.05, 0) is 64.0 Å². The van der Waals surface area contributed by atoms with Crippen molar-refractivity contribution in [3.63, 3.8) is 0 Å².